The number of hydrogen-bond acceptors (Lipinski definition) is 5. The first-order chi connectivity index (χ1) is 13.6. The van der Waals surface area contributed by atoms with Crippen molar-refractivity contribution in [2.45, 2.75) is 51.3 Å². The summed E-state index contributed by atoms with van der Waals surface area (Å²) in [5.74, 6) is -0.570. The number of carbonyl (C=O) groups excluding carboxylic acids is 2. The molecule has 0 saturated carbocycles. The van der Waals surface area contributed by atoms with Crippen LogP contribution in [0.1, 0.15) is 38.2 Å². The molecule has 6 nitrogen and oxygen atoms in total. The molecule has 2 saturated heterocycles. The lowest BCUT2D eigenvalue weighted by Crippen LogP contribution is -2.52. The van der Waals surface area contributed by atoms with E-state index in [4.69, 9.17) is 9.47 Å². The summed E-state index contributed by atoms with van der Waals surface area (Å²) in [4.78, 5) is 29.4. The lowest BCUT2D eigenvalue weighted by molar-refractivity contribution is -0.150. The van der Waals surface area contributed by atoms with Crippen LogP contribution in [-0.4, -0.2) is 67.2 Å². The molecule has 0 spiro atoms. The Morgan fingerprint density at radius 2 is 1.93 bits per heavy atom. The fourth-order valence-electron chi connectivity index (χ4n) is 4.18. The van der Waals surface area contributed by atoms with E-state index in [-0.39, 0.29) is 29.9 Å². The molecule has 1 amide bonds. The number of carbonyl (C=O) groups is 2. The maximum absolute atomic E-state index is 13.1. The van der Waals surface area contributed by atoms with Crippen LogP contribution in [0.15, 0.2) is 30.3 Å². The molecular formula is C22H32N2O4. The molecule has 2 atom stereocenters. The number of esters is 1. The topological polar surface area (TPSA) is 59.1 Å². The normalized spacial score (nSPS) is 22.0. The highest BCUT2D eigenvalue weighted by atomic mass is 16.5. The van der Waals surface area contributed by atoms with Gasteiger partial charge in [0.1, 0.15) is 6.10 Å². The number of nitrogens with zero attached hydrogens (tertiary/aromatic N) is 2. The minimum atomic E-state index is -0.354. The van der Waals surface area contributed by atoms with Gasteiger partial charge in [0.15, 0.2) is 0 Å². The molecule has 154 valence electrons. The van der Waals surface area contributed by atoms with Crippen molar-refractivity contribution in [2.24, 2.45) is 5.92 Å². The molecule has 2 aliphatic heterocycles. The summed E-state index contributed by atoms with van der Waals surface area (Å²) in [5.41, 5.74) is 1.31. The van der Waals surface area contributed by atoms with Gasteiger partial charge in [0, 0.05) is 38.8 Å². The number of ether oxygens (including phenoxy) is 2. The van der Waals surface area contributed by atoms with Gasteiger partial charge in [-0.2, -0.15) is 0 Å². The van der Waals surface area contributed by atoms with Crippen LogP contribution >= 0.6 is 0 Å². The summed E-state index contributed by atoms with van der Waals surface area (Å²) >= 11 is 0. The van der Waals surface area contributed by atoms with Crippen molar-refractivity contribution in [2.75, 3.05) is 33.4 Å². The molecule has 2 heterocycles. The first-order valence-corrected chi connectivity index (χ1v) is 10.3. The summed E-state index contributed by atoms with van der Waals surface area (Å²) in [5, 5.41) is 0. The molecule has 2 unspecified atom stereocenters. The molecule has 0 N–H and O–H groups in total. The number of rotatable bonds is 7. The summed E-state index contributed by atoms with van der Waals surface area (Å²) in [6.07, 6.45) is 3.17. The predicted octanol–water partition coefficient (Wildman–Crippen LogP) is 2.47. The summed E-state index contributed by atoms with van der Waals surface area (Å²) in [6.45, 7) is 5.70. The number of amides is 1. The Kier molecular flexibility index (Phi) is 7.45. The molecule has 2 aliphatic rings. The Morgan fingerprint density at radius 1 is 1.21 bits per heavy atom. The van der Waals surface area contributed by atoms with E-state index in [0.29, 0.717) is 13.2 Å². The first kappa shape index (κ1) is 20.8. The highest BCUT2D eigenvalue weighted by Gasteiger charge is 2.35. The van der Waals surface area contributed by atoms with Gasteiger partial charge in [-0.05, 0) is 31.2 Å². The van der Waals surface area contributed by atoms with E-state index in [1.54, 1.807) is 0 Å². The van der Waals surface area contributed by atoms with Crippen molar-refractivity contribution in [3.8, 4) is 0 Å². The van der Waals surface area contributed by atoms with Gasteiger partial charge in [0.25, 0.3) is 5.91 Å². The Balaban J connectivity index is 1.61. The zero-order valence-electron chi connectivity index (χ0n) is 17.0. The zero-order valence-corrected chi connectivity index (χ0v) is 17.0. The van der Waals surface area contributed by atoms with Crippen LogP contribution in [0.2, 0.25) is 0 Å². The Morgan fingerprint density at radius 3 is 2.54 bits per heavy atom. The fourth-order valence-corrected chi connectivity index (χ4v) is 4.18. The van der Waals surface area contributed by atoms with Gasteiger partial charge < -0.3 is 14.4 Å². The highest BCUT2D eigenvalue weighted by molar-refractivity contribution is 5.82. The Hall–Kier alpha value is -1.92. The monoisotopic (exact) mass is 388 g/mol. The molecule has 0 aliphatic carbocycles. The van der Waals surface area contributed by atoms with Crippen molar-refractivity contribution in [3.05, 3.63) is 35.9 Å². The van der Waals surface area contributed by atoms with Crippen LogP contribution in [-0.2, 0) is 25.6 Å². The van der Waals surface area contributed by atoms with Crippen LogP contribution in [0.3, 0.4) is 0 Å². The van der Waals surface area contributed by atoms with E-state index in [1.165, 1.54) is 12.7 Å². The van der Waals surface area contributed by atoms with Gasteiger partial charge in [-0.15, -0.1) is 0 Å². The van der Waals surface area contributed by atoms with E-state index >= 15 is 0 Å². The molecule has 1 aromatic carbocycles. The van der Waals surface area contributed by atoms with E-state index in [2.05, 4.69) is 29.2 Å². The lowest BCUT2D eigenvalue weighted by atomic mass is 9.99. The van der Waals surface area contributed by atoms with Crippen LogP contribution in [0.4, 0.5) is 0 Å². The van der Waals surface area contributed by atoms with Crippen molar-refractivity contribution in [1.29, 1.82) is 0 Å². The van der Waals surface area contributed by atoms with Gasteiger partial charge in [-0.1, -0.05) is 37.3 Å². The lowest BCUT2D eigenvalue weighted by Gasteiger charge is -2.40. The molecule has 1 aromatic rings. The van der Waals surface area contributed by atoms with Crippen molar-refractivity contribution in [3.63, 3.8) is 0 Å². The Labute approximate surface area is 167 Å². The summed E-state index contributed by atoms with van der Waals surface area (Å²) in [7, 11) is 1.40. The molecule has 0 aromatic heterocycles. The van der Waals surface area contributed by atoms with Gasteiger partial charge in [-0.3, -0.25) is 14.5 Å². The van der Waals surface area contributed by atoms with Crippen LogP contribution < -0.4 is 0 Å². The second-order valence-electron chi connectivity index (χ2n) is 7.91. The smallest absolute Gasteiger partial charge is 0.310 e. The maximum atomic E-state index is 13.1. The molecule has 0 bridgehead atoms. The Bertz CT molecular complexity index is 637. The van der Waals surface area contributed by atoms with E-state index in [0.717, 1.165) is 45.3 Å². The minimum Gasteiger partial charge on any atom is -0.469 e. The third kappa shape index (κ3) is 5.32. The van der Waals surface area contributed by atoms with Crippen LogP contribution in [0, 0.1) is 5.92 Å². The number of methoxy groups -OCH3 is 1. The molecule has 0 radical (unpaired) electrons. The third-order valence-electron chi connectivity index (χ3n) is 5.81. The standard InChI is InChI=1S/C22H32N2O4/c1-17(22(26)27-2)15-24(21(25)20-9-6-14-28-20)19-10-12-23(13-11-19)16-18-7-4-3-5-8-18/h3-5,7-8,17,19-20H,6,9-16H2,1-2H3. The fraction of sp³-hybridized carbons (Fsp3) is 0.636. The van der Waals surface area contributed by atoms with Gasteiger partial charge in [0.2, 0.25) is 0 Å². The van der Waals surface area contributed by atoms with E-state index in [9.17, 15) is 9.59 Å². The van der Waals surface area contributed by atoms with Crippen molar-refractivity contribution in [1.82, 2.24) is 9.80 Å². The second-order valence-corrected chi connectivity index (χ2v) is 7.91. The highest BCUT2D eigenvalue weighted by Crippen LogP contribution is 2.24. The van der Waals surface area contributed by atoms with Crippen molar-refractivity contribution >= 4 is 11.9 Å². The average Bonchev–Trinajstić information content (AvgIpc) is 3.27. The average molecular weight is 389 g/mol. The van der Waals surface area contributed by atoms with E-state index in [1.807, 2.05) is 17.9 Å². The second kappa shape index (κ2) is 10.0. The van der Waals surface area contributed by atoms with Crippen molar-refractivity contribution < 1.29 is 19.1 Å². The minimum absolute atomic E-state index is 0.0368. The predicted molar refractivity (Wildman–Crippen MR) is 107 cm³/mol. The number of hydrogen-bond donors (Lipinski definition) is 0. The van der Waals surface area contributed by atoms with Gasteiger partial charge >= 0.3 is 5.97 Å². The van der Waals surface area contributed by atoms with Gasteiger partial charge in [0.05, 0.1) is 13.0 Å². The molecule has 2 fully saturated rings. The first-order valence-electron chi connectivity index (χ1n) is 10.3. The number of piperidine rings is 1. The maximum Gasteiger partial charge on any atom is 0.310 e. The summed E-state index contributed by atoms with van der Waals surface area (Å²) < 4.78 is 10.5. The molecule has 3 rings (SSSR count). The number of likely N-dealkylation sites (tertiary alicyclic amines) is 1. The van der Waals surface area contributed by atoms with Gasteiger partial charge in [-0.25, -0.2) is 0 Å². The third-order valence-corrected chi connectivity index (χ3v) is 5.81. The van der Waals surface area contributed by atoms with E-state index < -0.39 is 0 Å². The quantitative estimate of drug-likeness (QED) is 0.672. The van der Waals surface area contributed by atoms with Crippen LogP contribution in [0.25, 0.3) is 0 Å². The molecule has 28 heavy (non-hydrogen) atoms. The molecular weight excluding hydrogens is 356 g/mol. The number of benzene rings is 1. The molecule has 6 heteroatoms. The largest absolute Gasteiger partial charge is 0.469 e. The SMILES string of the molecule is COC(=O)C(C)CN(C(=O)C1CCCO1)C1CCN(Cc2ccccc2)CC1. The van der Waals surface area contributed by atoms with Crippen LogP contribution in [0.5, 0.6) is 0 Å². The summed E-state index contributed by atoms with van der Waals surface area (Å²) in [6, 6.07) is 10.6. The zero-order chi connectivity index (χ0) is 19.9.